The lowest BCUT2D eigenvalue weighted by molar-refractivity contribution is 0.0117. The number of aryl methyl sites for hydroxylation is 2. The van der Waals surface area contributed by atoms with Crippen LogP contribution in [-0.2, 0) is 11.3 Å². The van der Waals surface area contributed by atoms with Crippen molar-refractivity contribution in [1.82, 2.24) is 14.5 Å². The predicted molar refractivity (Wildman–Crippen MR) is 82.5 cm³/mol. The van der Waals surface area contributed by atoms with Crippen molar-refractivity contribution in [3.05, 3.63) is 29.6 Å². The molecule has 5 nitrogen and oxygen atoms in total. The minimum absolute atomic E-state index is 0.387. The van der Waals surface area contributed by atoms with Gasteiger partial charge in [0.05, 0.1) is 43.2 Å². The molecule has 1 fully saturated rings. The molecule has 2 aromatic rings. The highest BCUT2D eigenvalue weighted by atomic mass is 16.5. The first-order valence-electron chi connectivity index (χ1n) is 7.54. The van der Waals surface area contributed by atoms with E-state index < -0.39 is 0 Å². The van der Waals surface area contributed by atoms with E-state index in [1.807, 2.05) is 10.9 Å². The van der Waals surface area contributed by atoms with E-state index in [1.165, 1.54) is 11.1 Å². The van der Waals surface area contributed by atoms with Crippen LogP contribution in [0.1, 0.15) is 11.1 Å². The summed E-state index contributed by atoms with van der Waals surface area (Å²) in [4.78, 5) is 6.69. The molecule has 1 saturated heterocycles. The maximum atomic E-state index is 10.3. The molecule has 114 valence electrons. The molecule has 0 radical (unpaired) electrons. The average Bonchev–Trinajstić information content (AvgIpc) is 2.83. The number of aliphatic hydroxyl groups is 1. The van der Waals surface area contributed by atoms with E-state index >= 15 is 0 Å². The molecule has 0 bridgehead atoms. The van der Waals surface area contributed by atoms with Crippen molar-refractivity contribution in [3.8, 4) is 0 Å². The Hall–Kier alpha value is -1.43. The SMILES string of the molecule is Cc1cc2ncn(CC(O)CN3CCOCC3)c2cc1C. The second-order valence-electron chi connectivity index (χ2n) is 5.89. The maximum absolute atomic E-state index is 10.3. The van der Waals surface area contributed by atoms with Gasteiger partial charge in [-0.2, -0.15) is 0 Å². The fraction of sp³-hybridized carbons (Fsp3) is 0.562. The highest BCUT2D eigenvalue weighted by molar-refractivity contribution is 5.77. The van der Waals surface area contributed by atoms with Crippen LogP contribution in [0.3, 0.4) is 0 Å². The van der Waals surface area contributed by atoms with Crippen LogP contribution in [0.4, 0.5) is 0 Å². The summed E-state index contributed by atoms with van der Waals surface area (Å²) in [5, 5.41) is 10.3. The second kappa shape index (κ2) is 6.13. The van der Waals surface area contributed by atoms with Gasteiger partial charge in [-0.15, -0.1) is 0 Å². The molecular weight excluding hydrogens is 266 g/mol. The number of benzene rings is 1. The standard InChI is InChI=1S/C16H23N3O2/c1-12-7-15-16(8-13(12)2)19(11-17-15)10-14(20)9-18-3-5-21-6-4-18/h7-8,11,14,20H,3-6,9-10H2,1-2H3. The second-order valence-corrected chi connectivity index (χ2v) is 5.89. The lowest BCUT2D eigenvalue weighted by atomic mass is 10.1. The van der Waals surface area contributed by atoms with Crippen LogP contribution >= 0.6 is 0 Å². The molecule has 1 N–H and O–H groups in total. The minimum atomic E-state index is -0.387. The van der Waals surface area contributed by atoms with Gasteiger partial charge in [-0.05, 0) is 37.1 Å². The summed E-state index contributed by atoms with van der Waals surface area (Å²) in [5.41, 5.74) is 4.60. The van der Waals surface area contributed by atoms with E-state index in [2.05, 4.69) is 35.9 Å². The van der Waals surface area contributed by atoms with Crippen molar-refractivity contribution in [1.29, 1.82) is 0 Å². The average molecular weight is 289 g/mol. The molecule has 1 atom stereocenters. The monoisotopic (exact) mass is 289 g/mol. The third kappa shape index (κ3) is 3.26. The van der Waals surface area contributed by atoms with Crippen molar-refractivity contribution < 1.29 is 9.84 Å². The fourth-order valence-corrected chi connectivity index (χ4v) is 2.83. The number of rotatable bonds is 4. The van der Waals surface area contributed by atoms with E-state index in [0.29, 0.717) is 13.1 Å². The molecule has 0 aliphatic carbocycles. The molecule has 3 rings (SSSR count). The molecule has 1 aromatic heterocycles. The van der Waals surface area contributed by atoms with Crippen LogP contribution in [0.2, 0.25) is 0 Å². The van der Waals surface area contributed by atoms with Crippen LogP contribution in [0.5, 0.6) is 0 Å². The third-order valence-electron chi connectivity index (χ3n) is 4.22. The van der Waals surface area contributed by atoms with Crippen molar-refractivity contribution in [2.24, 2.45) is 0 Å². The Morgan fingerprint density at radius 2 is 1.90 bits per heavy atom. The number of nitrogens with zero attached hydrogens (tertiary/aromatic N) is 3. The number of imidazole rings is 1. The van der Waals surface area contributed by atoms with E-state index in [4.69, 9.17) is 4.74 Å². The lowest BCUT2D eigenvalue weighted by Gasteiger charge is -2.28. The fourth-order valence-electron chi connectivity index (χ4n) is 2.83. The van der Waals surface area contributed by atoms with Gasteiger partial charge in [0.2, 0.25) is 0 Å². The van der Waals surface area contributed by atoms with Crippen molar-refractivity contribution in [3.63, 3.8) is 0 Å². The van der Waals surface area contributed by atoms with Gasteiger partial charge in [0.15, 0.2) is 0 Å². The Balaban J connectivity index is 1.70. The summed E-state index contributed by atoms with van der Waals surface area (Å²) in [5.74, 6) is 0. The van der Waals surface area contributed by atoms with Gasteiger partial charge in [-0.3, -0.25) is 4.90 Å². The van der Waals surface area contributed by atoms with Gasteiger partial charge in [0.25, 0.3) is 0 Å². The lowest BCUT2D eigenvalue weighted by Crippen LogP contribution is -2.41. The number of hydrogen-bond donors (Lipinski definition) is 1. The molecule has 2 heterocycles. The first kappa shape index (κ1) is 14.5. The van der Waals surface area contributed by atoms with Crippen LogP contribution in [0, 0.1) is 13.8 Å². The molecule has 21 heavy (non-hydrogen) atoms. The Labute approximate surface area is 125 Å². The van der Waals surface area contributed by atoms with Gasteiger partial charge in [-0.1, -0.05) is 0 Å². The summed E-state index contributed by atoms with van der Waals surface area (Å²) in [7, 11) is 0. The number of ether oxygens (including phenoxy) is 1. The van der Waals surface area contributed by atoms with Crippen molar-refractivity contribution >= 4 is 11.0 Å². The maximum Gasteiger partial charge on any atom is 0.0959 e. The van der Waals surface area contributed by atoms with Gasteiger partial charge in [0, 0.05) is 19.6 Å². The molecule has 1 aromatic carbocycles. The largest absolute Gasteiger partial charge is 0.390 e. The van der Waals surface area contributed by atoms with Gasteiger partial charge in [-0.25, -0.2) is 4.98 Å². The number of aromatic nitrogens is 2. The number of fused-ring (bicyclic) bond motifs is 1. The number of aliphatic hydroxyl groups excluding tert-OH is 1. The number of hydrogen-bond acceptors (Lipinski definition) is 4. The number of β-amino-alcohol motifs (C(OH)–C–C–N with tert-alkyl or cyclic N) is 1. The van der Waals surface area contributed by atoms with Crippen molar-refractivity contribution in [2.75, 3.05) is 32.8 Å². The Morgan fingerprint density at radius 1 is 1.19 bits per heavy atom. The molecular formula is C16H23N3O2. The van der Waals surface area contributed by atoms with Gasteiger partial charge < -0.3 is 14.4 Å². The highest BCUT2D eigenvalue weighted by Gasteiger charge is 2.16. The molecule has 5 heteroatoms. The normalized spacial score (nSPS) is 18.2. The topological polar surface area (TPSA) is 50.5 Å². The summed E-state index contributed by atoms with van der Waals surface area (Å²) >= 11 is 0. The van der Waals surface area contributed by atoms with Gasteiger partial charge in [0.1, 0.15) is 0 Å². The Kier molecular flexibility index (Phi) is 4.24. The zero-order valence-corrected chi connectivity index (χ0v) is 12.7. The van der Waals surface area contributed by atoms with Crippen LogP contribution in [0.15, 0.2) is 18.5 Å². The molecule has 1 unspecified atom stereocenters. The van der Waals surface area contributed by atoms with Crippen molar-refractivity contribution in [2.45, 2.75) is 26.5 Å². The molecule has 0 saturated carbocycles. The van der Waals surface area contributed by atoms with E-state index in [0.717, 1.165) is 37.3 Å². The third-order valence-corrected chi connectivity index (χ3v) is 4.22. The predicted octanol–water partition coefficient (Wildman–Crippen LogP) is 1.35. The van der Waals surface area contributed by atoms with E-state index in [9.17, 15) is 5.11 Å². The molecule has 1 aliphatic heterocycles. The molecule has 0 spiro atoms. The smallest absolute Gasteiger partial charge is 0.0959 e. The summed E-state index contributed by atoms with van der Waals surface area (Å²) in [6.07, 6.45) is 1.44. The highest BCUT2D eigenvalue weighted by Crippen LogP contribution is 2.18. The number of morpholine rings is 1. The first-order valence-corrected chi connectivity index (χ1v) is 7.54. The summed E-state index contributed by atoms with van der Waals surface area (Å²) in [6.45, 7) is 8.81. The van der Waals surface area contributed by atoms with E-state index in [-0.39, 0.29) is 6.10 Å². The molecule has 1 aliphatic rings. The minimum Gasteiger partial charge on any atom is -0.390 e. The van der Waals surface area contributed by atoms with Gasteiger partial charge >= 0.3 is 0 Å². The van der Waals surface area contributed by atoms with Crippen LogP contribution < -0.4 is 0 Å². The zero-order valence-electron chi connectivity index (χ0n) is 12.7. The quantitative estimate of drug-likeness (QED) is 0.923. The Morgan fingerprint density at radius 3 is 2.67 bits per heavy atom. The first-order chi connectivity index (χ1) is 10.1. The Bertz CT molecular complexity index is 617. The van der Waals surface area contributed by atoms with Crippen LogP contribution in [-0.4, -0.2) is 58.5 Å². The summed E-state index contributed by atoms with van der Waals surface area (Å²) in [6, 6.07) is 4.26. The summed E-state index contributed by atoms with van der Waals surface area (Å²) < 4.78 is 7.38. The van der Waals surface area contributed by atoms with Crippen LogP contribution in [0.25, 0.3) is 11.0 Å². The van der Waals surface area contributed by atoms with E-state index in [1.54, 1.807) is 0 Å². The zero-order chi connectivity index (χ0) is 14.8. The molecule has 0 amide bonds.